The molecule has 2 aromatic rings. The van der Waals surface area contributed by atoms with E-state index in [0.717, 1.165) is 16.0 Å². The Kier molecular flexibility index (Phi) is 11.4. The van der Waals surface area contributed by atoms with Gasteiger partial charge in [-0.3, -0.25) is 14.9 Å². The van der Waals surface area contributed by atoms with E-state index >= 15 is 0 Å². The third-order valence-corrected chi connectivity index (χ3v) is 10.3. The largest absolute Gasteiger partial charge is 0.495 e. The number of nitrogens with zero attached hydrogens (tertiary/aromatic N) is 2. The molecule has 3 aliphatic heterocycles. The number of epoxide rings is 1. The summed E-state index contributed by atoms with van der Waals surface area (Å²) in [5.74, 6) is -4.27. The fraction of sp³-hybridized carbons (Fsp3) is 0.459. The zero-order chi connectivity index (χ0) is 39.0. The van der Waals surface area contributed by atoms with E-state index in [0.29, 0.717) is 30.0 Å². The highest BCUT2D eigenvalue weighted by Crippen LogP contribution is 2.47. The highest BCUT2D eigenvalue weighted by atomic mass is 35.5. The molecule has 0 aromatic heterocycles. The van der Waals surface area contributed by atoms with Crippen LogP contribution in [0.15, 0.2) is 48.1 Å². The zero-order valence-electron chi connectivity index (χ0n) is 30.2. The van der Waals surface area contributed by atoms with E-state index in [-0.39, 0.29) is 24.3 Å². The lowest BCUT2D eigenvalue weighted by molar-refractivity contribution is -0.158. The Morgan fingerprint density at radius 2 is 1.92 bits per heavy atom. The molecule has 3 aliphatic rings. The van der Waals surface area contributed by atoms with Crippen molar-refractivity contribution < 1.29 is 52.0 Å². The van der Waals surface area contributed by atoms with Crippen LogP contribution in [-0.2, 0) is 30.2 Å². The molecule has 2 fully saturated rings. The summed E-state index contributed by atoms with van der Waals surface area (Å²) in [5.41, 5.74) is 3.42. The summed E-state index contributed by atoms with van der Waals surface area (Å²) in [6.07, 6.45) is 2.02. The maximum atomic E-state index is 14.6. The van der Waals surface area contributed by atoms with Crippen LogP contribution >= 0.6 is 11.6 Å². The number of anilines is 2. The quantitative estimate of drug-likeness (QED) is 0.218. The molecule has 3 amide bonds. The summed E-state index contributed by atoms with van der Waals surface area (Å²) in [7, 11) is 4.18. The van der Waals surface area contributed by atoms with E-state index in [2.05, 4.69) is 5.32 Å². The molecule has 4 bridgehead atoms. The normalized spacial score (nSPS) is 28.3. The number of alkyl carbamates (subject to hydrolysis) is 1. The van der Waals surface area contributed by atoms with Gasteiger partial charge in [-0.05, 0) is 51.0 Å². The van der Waals surface area contributed by atoms with Crippen molar-refractivity contribution in [2.45, 2.75) is 88.6 Å². The molecule has 2 saturated heterocycles. The zero-order valence-corrected chi connectivity index (χ0v) is 31.0. The molecule has 0 unspecified atom stereocenters. The molecule has 53 heavy (non-hydrogen) atoms. The molecule has 0 saturated carbocycles. The molecule has 5 rings (SSSR count). The fourth-order valence-corrected chi connectivity index (χ4v) is 6.79. The minimum Gasteiger partial charge on any atom is -0.495 e. The van der Waals surface area contributed by atoms with Crippen molar-refractivity contribution in [1.29, 1.82) is 0 Å². The summed E-state index contributed by atoms with van der Waals surface area (Å²) < 4.78 is 51.7. The summed E-state index contributed by atoms with van der Waals surface area (Å²) in [6.45, 7) is 4.86. The van der Waals surface area contributed by atoms with Crippen molar-refractivity contribution in [3.05, 3.63) is 75.9 Å². The Morgan fingerprint density at radius 1 is 1.21 bits per heavy atom. The molecular formula is C37H43ClF2N4O9. The van der Waals surface area contributed by atoms with Crippen LogP contribution < -0.4 is 20.7 Å². The second-order valence-corrected chi connectivity index (χ2v) is 14.3. The Balaban J connectivity index is 1.47. The number of hydrogen-bond donors (Lipinski definition) is 3. The first-order valence-corrected chi connectivity index (χ1v) is 17.3. The Hall–Kier alpha value is -4.73. The van der Waals surface area contributed by atoms with Gasteiger partial charge in [-0.15, -0.1) is 0 Å². The maximum Gasteiger partial charge on any atom is 0.409 e. The number of aliphatic hydroxyl groups is 1. The minimum absolute atomic E-state index is 0.0181. The lowest BCUT2D eigenvalue weighted by Gasteiger charge is -2.36. The van der Waals surface area contributed by atoms with Gasteiger partial charge in [0.05, 0.1) is 36.6 Å². The van der Waals surface area contributed by atoms with Gasteiger partial charge in [0.25, 0.3) is 5.91 Å². The summed E-state index contributed by atoms with van der Waals surface area (Å²) >= 11 is 6.70. The van der Waals surface area contributed by atoms with E-state index in [1.165, 1.54) is 33.0 Å². The van der Waals surface area contributed by atoms with Gasteiger partial charge in [0.2, 0.25) is 5.91 Å². The van der Waals surface area contributed by atoms with Crippen molar-refractivity contribution >= 4 is 46.9 Å². The van der Waals surface area contributed by atoms with Crippen molar-refractivity contribution in [3.8, 4) is 5.75 Å². The number of amides is 3. The first-order chi connectivity index (χ1) is 24.8. The van der Waals surface area contributed by atoms with E-state index in [9.17, 15) is 33.1 Å². The number of nitrogen functional groups attached to an aromatic ring is 1. The number of nitrogens with one attached hydrogen (secondary N) is 1. The Morgan fingerprint density at radius 3 is 2.62 bits per heavy atom. The minimum atomic E-state index is -1.62. The average Bonchev–Trinajstić information content (AvgIpc) is 3.75. The Labute approximate surface area is 310 Å². The molecule has 16 heteroatoms. The van der Waals surface area contributed by atoms with Gasteiger partial charge in [0.15, 0.2) is 0 Å². The van der Waals surface area contributed by atoms with Gasteiger partial charge >= 0.3 is 12.1 Å². The number of hydrogen-bond acceptors (Lipinski definition) is 10. The third-order valence-electron chi connectivity index (χ3n) is 9.94. The van der Waals surface area contributed by atoms with Crippen molar-refractivity contribution in [2.75, 3.05) is 31.8 Å². The molecule has 2 aromatic carbocycles. The molecular weight excluding hydrogens is 718 g/mol. The van der Waals surface area contributed by atoms with Crippen LogP contribution in [-0.4, -0.2) is 90.8 Å². The number of rotatable bonds is 5. The molecule has 4 N–H and O–H groups in total. The number of allylic oxidation sites excluding steroid dienone is 3. The van der Waals surface area contributed by atoms with Gasteiger partial charge in [-0.2, -0.15) is 0 Å². The van der Waals surface area contributed by atoms with Gasteiger partial charge in [-0.1, -0.05) is 35.4 Å². The van der Waals surface area contributed by atoms with Crippen molar-refractivity contribution in [3.63, 3.8) is 0 Å². The lowest BCUT2D eigenvalue weighted by Crippen LogP contribution is -2.56. The summed E-state index contributed by atoms with van der Waals surface area (Å²) in [5, 5.41) is 13.9. The van der Waals surface area contributed by atoms with E-state index in [1.807, 2.05) is 13.0 Å². The number of methoxy groups -OCH3 is 1. The molecule has 0 aliphatic carbocycles. The molecule has 286 valence electrons. The van der Waals surface area contributed by atoms with Crippen molar-refractivity contribution in [1.82, 2.24) is 10.2 Å². The molecule has 0 radical (unpaired) electrons. The number of likely N-dealkylation sites (N-methyl/N-ethyl adjacent to an activating group) is 1. The number of nitrogens with two attached hydrogens (primary N) is 1. The van der Waals surface area contributed by atoms with Crippen molar-refractivity contribution in [2.24, 2.45) is 0 Å². The highest BCUT2D eigenvalue weighted by molar-refractivity contribution is 6.35. The fourth-order valence-electron chi connectivity index (χ4n) is 6.47. The second kappa shape index (κ2) is 15.3. The van der Waals surface area contributed by atoms with Gasteiger partial charge < -0.3 is 39.6 Å². The van der Waals surface area contributed by atoms with Crippen LogP contribution in [0, 0.1) is 11.6 Å². The Bertz CT molecular complexity index is 1880. The van der Waals surface area contributed by atoms with E-state index in [1.54, 1.807) is 31.2 Å². The number of carbonyl (C=O) groups excluding carboxylic acids is 4. The van der Waals surface area contributed by atoms with Crippen LogP contribution in [0.25, 0.3) is 0 Å². The molecule has 13 nitrogen and oxygen atoms in total. The second-order valence-electron chi connectivity index (χ2n) is 13.9. The SMILES string of the molecule is COc1cc2cc(c1Cl)N(C)C(=O)C[C@H](OC(=O)[C@H](C)N(C)C(=O)c1cc(F)c(N)cc1F)[C@]1(C)O[C@H]1C[C@@H]1C[C@](O)(C/C=C/C=C(\C)C2)NC(=O)O1. The first-order valence-electron chi connectivity index (χ1n) is 16.9. The predicted octanol–water partition coefficient (Wildman–Crippen LogP) is 4.82. The van der Waals surface area contributed by atoms with Gasteiger partial charge in [-0.25, -0.2) is 18.4 Å². The van der Waals surface area contributed by atoms with Crippen LogP contribution in [0.1, 0.15) is 62.4 Å². The molecule has 6 atom stereocenters. The van der Waals surface area contributed by atoms with Crippen LogP contribution in [0.3, 0.4) is 0 Å². The maximum absolute atomic E-state index is 14.6. The summed E-state index contributed by atoms with van der Waals surface area (Å²) in [4.78, 5) is 55.6. The number of carbonyl (C=O) groups is 4. The van der Waals surface area contributed by atoms with E-state index < -0.39 is 88.9 Å². The lowest BCUT2D eigenvalue weighted by atomic mass is 9.90. The van der Waals surface area contributed by atoms with Crippen LogP contribution in [0.5, 0.6) is 5.75 Å². The summed E-state index contributed by atoms with van der Waals surface area (Å²) in [6, 6.07) is 3.48. The predicted molar refractivity (Wildman–Crippen MR) is 190 cm³/mol. The molecule has 3 heterocycles. The monoisotopic (exact) mass is 760 g/mol. The topological polar surface area (TPSA) is 173 Å². The highest BCUT2D eigenvalue weighted by Gasteiger charge is 2.61. The van der Waals surface area contributed by atoms with Gasteiger partial charge in [0.1, 0.15) is 52.0 Å². The number of ether oxygens (including phenoxy) is 4. The first kappa shape index (κ1) is 39.5. The smallest absolute Gasteiger partial charge is 0.409 e. The standard InChI is InChI=1S/C37H43ClF2N4O9/c1-19-9-7-8-10-37(49)18-22(51-35(48)42-37)14-30-36(3,53-30)29(17-31(45)44(5)27-12-21(11-19)13-28(50-6)32(27)38)52-34(47)20(2)43(4)33(46)23-15-25(40)26(41)16-24(23)39/h7-9,12-13,15-16,20,22,29-30,49H,10-11,14,17-18,41H2,1-6H3,(H,42,48)/b8-7+,19-9+/t20-,22+,29-,30-,36-,37+/m0/s1. The number of esters is 1. The average molecular weight is 761 g/mol. The van der Waals surface area contributed by atoms with E-state index in [4.69, 9.17) is 36.3 Å². The molecule has 0 spiro atoms. The van der Waals surface area contributed by atoms with Crippen LogP contribution in [0.4, 0.5) is 25.0 Å². The van der Waals surface area contributed by atoms with Gasteiger partial charge in [0, 0.05) is 39.4 Å². The number of benzene rings is 2. The van der Waals surface area contributed by atoms with Crippen LogP contribution in [0.2, 0.25) is 5.02 Å². The number of fused-ring (bicyclic) bond motifs is 5. The number of halogens is 3. The third kappa shape index (κ3) is 8.58.